The molecule has 0 aromatic heterocycles. The maximum atomic E-state index is 13.0. The number of halogens is 3. The molecule has 1 aromatic carbocycles. The Labute approximate surface area is 99.8 Å². The molecule has 0 radical (unpaired) electrons. The molecule has 1 rings (SSSR count). The van der Waals surface area contributed by atoms with Gasteiger partial charge in [0.15, 0.2) is 17.5 Å². The van der Waals surface area contributed by atoms with Gasteiger partial charge in [-0.25, -0.2) is 13.2 Å². The van der Waals surface area contributed by atoms with E-state index >= 15 is 0 Å². The lowest BCUT2D eigenvalue weighted by Crippen LogP contribution is -2.15. The molecule has 0 aliphatic rings. The smallest absolute Gasteiger partial charge is 0.194 e. The van der Waals surface area contributed by atoms with E-state index in [0.29, 0.717) is 12.0 Å². The summed E-state index contributed by atoms with van der Waals surface area (Å²) in [6.07, 6.45) is 1.43. The van der Waals surface area contributed by atoms with Crippen molar-refractivity contribution in [1.29, 1.82) is 0 Å². The van der Waals surface area contributed by atoms with Crippen LogP contribution in [-0.4, -0.2) is 0 Å². The van der Waals surface area contributed by atoms with E-state index in [4.69, 9.17) is 5.73 Å². The van der Waals surface area contributed by atoms with Crippen molar-refractivity contribution in [2.45, 2.75) is 39.7 Å². The number of benzene rings is 1. The van der Waals surface area contributed by atoms with E-state index in [2.05, 4.69) is 20.8 Å². The molecule has 0 bridgehead atoms. The Balaban J connectivity index is 2.79. The fourth-order valence-electron chi connectivity index (χ4n) is 1.54. The van der Waals surface area contributed by atoms with Crippen molar-refractivity contribution >= 4 is 0 Å². The highest BCUT2D eigenvalue weighted by Crippen LogP contribution is 2.27. The van der Waals surface area contributed by atoms with Crippen molar-refractivity contribution in [3.63, 3.8) is 0 Å². The van der Waals surface area contributed by atoms with Gasteiger partial charge in [-0.3, -0.25) is 0 Å². The molecule has 0 saturated carbocycles. The lowest BCUT2D eigenvalue weighted by atomic mass is 9.87. The minimum atomic E-state index is -1.45. The standard InChI is InChI=1S/C13H18F3N/c1-13(2,3)5-4-11(17)8-6-9(14)12(16)10(15)7-8/h6-7,11H,4-5,17H2,1-3H3. The highest BCUT2D eigenvalue weighted by Gasteiger charge is 2.17. The Bertz CT molecular complexity index is 373. The summed E-state index contributed by atoms with van der Waals surface area (Å²) < 4.78 is 38.8. The highest BCUT2D eigenvalue weighted by atomic mass is 19.2. The molecule has 4 heteroatoms. The van der Waals surface area contributed by atoms with Gasteiger partial charge in [-0.1, -0.05) is 20.8 Å². The van der Waals surface area contributed by atoms with Gasteiger partial charge < -0.3 is 5.73 Å². The molecule has 0 fully saturated rings. The maximum Gasteiger partial charge on any atom is 0.194 e. The number of hydrogen-bond acceptors (Lipinski definition) is 1. The van der Waals surface area contributed by atoms with E-state index in [1.54, 1.807) is 0 Å². The fourth-order valence-corrected chi connectivity index (χ4v) is 1.54. The molecule has 0 saturated heterocycles. The largest absolute Gasteiger partial charge is 0.324 e. The first-order valence-corrected chi connectivity index (χ1v) is 5.61. The normalized spacial score (nSPS) is 13.8. The van der Waals surface area contributed by atoms with Crippen molar-refractivity contribution < 1.29 is 13.2 Å². The summed E-state index contributed by atoms with van der Waals surface area (Å²) in [7, 11) is 0. The average molecular weight is 245 g/mol. The Morgan fingerprint density at radius 3 is 2.00 bits per heavy atom. The predicted molar refractivity (Wildman–Crippen MR) is 61.9 cm³/mol. The van der Waals surface area contributed by atoms with Crippen LogP contribution in [0.4, 0.5) is 13.2 Å². The van der Waals surface area contributed by atoms with Crippen LogP contribution in [0, 0.1) is 22.9 Å². The van der Waals surface area contributed by atoms with Crippen LogP contribution in [0.3, 0.4) is 0 Å². The Morgan fingerprint density at radius 2 is 1.59 bits per heavy atom. The summed E-state index contributed by atoms with van der Waals surface area (Å²) in [4.78, 5) is 0. The van der Waals surface area contributed by atoms with Crippen LogP contribution in [0.1, 0.15) is 45.2 Å². The number of rotatable bonds is 3. The van der Waals surface area contributed by atoms with Crippen LogP contribution >= 0.6 is 0 Å². The van der Waals surface area contributed by atoms with Crippen LogP contribution in [0.5, 0.6) is 0 Å². The Hall–Kier alpha value is -1.03. The molecule has 17 heavy (non-hydrogen) atoms. The second-order valence-corrected chi connectivity index (χ2v) is 5.50. The van der Waals surface area contributed by atoms with Gasteiger partial charge in [-0.2, -0.15) is 0 Å². The van der Waals surface area contributed by atoms with Gasteiger partial charge in [0.2, 0.25) is 0 Å². The quantitative estimate of drug-likeness (QED) is 0.802. The van der Waals surface area contributed by atoms with Crippen molar-refractivity contribution in [2.75, 3.05) is 0 Å². The average Bonchev–Trinajstić information content (AvgIpc) is 2.20. The zero-order chi connectivity index (χ0) is 13.2. The molecular weight excluding hydrogens is 227 g/mol. The highest BCUT2D eigenvalue weighted by molar-refractivity contribution is 5.22. The molecule has 1 aromatic rings. The van der Waals surface area contributed by atoms with Gasteiger partial charge in [0.05, 0.1) is 0 Å². The van der Waals surface area contributed by atoms with Crippen molar-refractivity contribution in [3.05, 3.63) is 35.1 Å². The predicted octanol–water partition coefficient (Wildman–Crippen LogP) is 3.93. The van der Waals surface area contributed by atoms with E-state index in [1.807, 2.05) is 0 Å². The van der Waals surface area contributed by atoms with E-state index in [-0.39, 0.29) is 5.41 Å². The van der Waals surface area contributed by atoms with Gasteiger partial charge >= 0.3 is 0 Å². The molecule has 0 heterocycles. The summed E-state index contributed by atoms with van der Waals surface area (Å²) >= 11 is 0. The molecule has 0 spiro atoms. The molecule has 1 nitrogen and oxygen atoms in total. The van der Waals surface area contributed by atoms with Crippen LogP contribution in [0.15, 0.2) is 12.1 Å². The fraction of sp³-hybridized carbons (Fsp3) is 0.538. The van der Waals surface area contributed by atoms with Gasteiger partial charge in [0.1, 0.15) is 0 Å². The first-order chi connectivity index (χ1) is 7.70. The minimum absolute atomic E-state index is 0.106. The molecular formula is C13H18F3N. The second kappa shape index (κ2) is 5.08. The molecule has 1 atom stereocenters. The van der Waals surface area contributed by atoms with Gasteiger partial charge in [-0.15, -0.1) is 0 Å². The summed E-state index contributed by atoms with van der Waals surface area (Å²) in [6.45, 7) is 6.18. The SMILES string of the molecule is CC(C)(C)CCC(N)c1cc(F)c(F)c(F)c1. The van der Waals surface area contributed by atoms with Gasteiger partial charge in [0, 0.05) is 6.04 Å². The maximum absolute atomic E-state index is 13.0. The monoisotopic (exact) mass is 245 g/mol. The third-order valence-corrected chi connectivity index (χ3v) is 2.64. The van der Waals surface area contributed by atoms with Crippen molar-refractivity contribution in [3.8, 4) is 0 Å². The third kappa shape index (κ3) is 4.04. The first kappa shape index (κ1) is 14.0. The molecule has 0 aliphatic heterocycles. The van der Waals surface area contributed by atoms with Crippen LogP contribution in [0.25, 0.3) is 0 Å². The molecule has 96 valence electrons. The van der Waals surface area contributed by atoms with Gasteiger partial charge in [-0.05, 0) is 36.0 Å². The first-order valence-electron chi connectivity index (χ1n) is 5.61. The summed E-state index contributed by atoms with van der Waals surface area (Å²) in [6, 6.07) is 1.45. The number of nitrogens with two attached hydrogens (primary N) is 1. The van der Waals surface area contributed by atoms with Crippen molar-refractivity contribution in [1.82, 2.24) is 0 Å². The second-order valence-electron chi connectivity index (χ2n) is 5.50. The Morgan fingerprint density at radius 1 is 1.12 bits per heavy atom. The van der Waals surface area contributed by atoms with Gasteiger partial charge in [0.25, 0.3) is 0 Å². The summed E-state index contributed by atoms with van der Waals surface area (Å²) in [5, 5.41) is 0. The third-order valence-electron chi connectivity index (χ3n) is 2.64. The number of hydrogen-bond donors (Lipinski definition) is 1. The summed E-state index contributed by atoms with van der Waals surface area (Å²) in [5.74, 6) is -3.82. The molecule has 0 amide bonds. The van der Waals surface area contributed by atoms with Crippen LogP contribution in [0.2, 0.25) is 0 Å². The van der Waals surface area contributed by atoms with E-state index in [1.165, 1.54) is 0 Å². The zero-order valence-corrected chi connectivity index (χ0v) is 10.4. The van der Waals surface area contributed by atoms with Crippen molar-refractivity contribution in [2.24, 2.45) is 11.1 Å². The molecule has 2 N–H and O–H groups in total. The minimum Gasteiger partial charge on any atom is -0.324 e. The lowest BCUT2D eigenvalue weighted by molar-refractivity contribution is 0.348. The zero-order valence-electron chi connectivity index (χ0n) is 10.4. The summed E-state index contributed by atoms with van der Waals surface area (Å²) in [5.41, 5.74) is 6.24. The van der Waals surface area contributed by atoms with E-state index < -0.39 is 23.5 Å². The topological polar surface area (TPSA) is 26.0 Å². The lowest BCUT2D eigenvalue weighted by Gasteiger charge is -2.21. The molecule has 1 unspecified atom stereocenters. The van der Waals surface area contributed by atoms with Crippen LogP contribution < -0.4 is 5.73 Å². The molecule has 0 aliphatic carbocycles. The Kier molecular flexibility index (Phi) is 4.20. The van der Waals surface area contributed by atoms with Crippen LogP contribution in [-0.2, 0) is 0 Å². The van der Waals surface area contributed by atoms with E-state index in [0.717, 1.165) is 18.6 Å². The van der Waals surface area contributed by atoms with E-state index in [9.17, 15) is 13.2 Å².